The molecule has 1 aliphatic rings. The van der Waals surface area contributed by atoms with Crippen molar-refractivity contribution in [3.8, 4) is 23.1 Å². The Balaban J connectivity index is 1.74. The van der Waals surface area contributed by atoms with Crippen molar-refractivity contribution in [3.63, 3.8) is 0 Å². The molecule has 1 fully saturated rings. The normalized spacial score (nSPS) is 14.6. The maximum Gasteiger partial charge on any atom is 0.337 e. The summed E-state index contributed by atoms with van der Waals surface area (Å²) in [5.41, 5.74) is 1.46. The van der Waals surface area contributed by atoms with Crippen molar-refractivity contribution in [1.82, 2.24) is 4.98 Å². The molecular formula is C21H22N2O3. The Morgan fingerprint density at radius 2 is 2.08 bits per heavy atom. The van der Waals surface area contributed by atoms with Gasteiger partial charge >= 0.3 is 5.97 Å². The summed E-state index contributed by atoms with van der Waals surface area (Å²) < 4.78 is 5.84. The molecule has 1 heterocycles. The van der Waals surface area contributed by atoms with E-state index in [0.29, 0.717) is 29.2 Å². The van der Waals surface area contributed by atoms with E-state index >= 15 is 0 Å². The number of nitriles is 1. The molecule has 0 amide bonds. The Hall–Kier alpha value is -2.87. The van der Waals surface area contributed by atoms with E-state index in [1.807, 2.05) is 0 Å². The zero-order chi connectivity index (χ0) is 18.4. The van der Waals surface area contributed by atoms with Crippen LogP contribution in [0, 0.1) is 17.2 Å². The second-order valence-electron chi connectivity index (χ2n) is 6.67. The minimum Gasteiger partial charge on any atom is -0.492 e. The van der Waals surface area contributed by atoms with E-state index < -0.39 is 5.97 Å². The molecule has 0 aliphatic heterocycles. The van der Waals surface area contributed by atoms with Crippen molar-refractivity contribution in [3.05, 3.63) is 47.7 Å². The van der Waals surface area contributed by atoms with Gasteiger partial charge in [-0.3, -0.25) is 4.98 Å². The van der Waals surface area contributed by atoms with Gasteiger partial charge in [-0.25, -0.2) is 4.79 Å². The van der Waals surface area contributed by atoms with Gasteiger partial charge in [0.2, 0.25) is 0 Å². The molecule has 0 saturated heterocycles. The van der Waals surface area contributed by atoms with Crippen LogP contribution in [0.25, 0.3) is 11.3 Å². The van der Waals surface area contributed by atoms with Gasteiger partial charge in [0.25, 0.3) is 0 Å². The molecule has 3 rings (SSSR count). The average molecular weight is 350 g/mol. The number of aromatic carboxylic acids is 1. The third kappa shape index (κ3) is 4.20. The summed E-state index contributed by atoms with van der Waals surface area (Å²) in [5, 5.41) is 18.8. The molecule has 1 saturated carbocycles. The lowest BCUT2D eigenvalue weighted by molar-refractivity contribution is 0.0697. The largest absolute Gasteiger partial charge is 0.492 e. The Morgan fingerprint density at radius 1 is 1.27 bits per heavy atom. The van der Waals surface area contributed by atoms with Gasteiger partial charge in [0.1, 0.15) is 11.8 Å². The number of carboxylic acids is 1. The van der Waals surface area contributed by atoms with Crippen molar-refractivity contribution in [2.24, 2.45) is 5.92 Å². The highest BCUT2D eigenvalue weighted by Crippen LogP contribution is 2.29. The highest BCUT2D eigenvalue weighted by atomic mass is 16.5. The Morgan fingerprint density at radius 3 is 2.81 bits per heavy atom. The van der Waals surface area contributed by atoms with Gasteiger partial charge in [0.05, 0.1) is 23.4 Å². The quantitative estimate of drug-likeness (QED) is 0.818. The Kier molecular flexibility index (Phi) is 5.85. The van der Waals surface area contributed by atoms with Gasteiger partial charge in [-0.1, -0.05) is 32.1 Å². The van der Waals surface area contributed by atoms with Crippen molar-refractivity contribution >= 4 is 5.97 Å². The van der Waals surface area contributed by atoms with Gasteiger partial charge in [0.15, 0.2) is 0 Å². The molecule has 1 aromatic carbocycles. The summed E-state index contributed by atoms with van der Waals surface area (Å²) in [6.07, 6.45) is 9.04. The number of aromatic nitrogens is 1. The number of hydrogen-bond acceptors (Lipinski definition) is 4. The van der Waals surface area contributed by atoms with Gasteiger partial charge < -0.3 is 9.84 Å². The molecule has 0 spiro atoms. The first-order chi connectivity index (χ1) is 12.7. The maximum absolute atomic E-state index is 11.4. The molecule has 134 valence electrons. The number of carboxylic acid groups (broad SMARTS) is 1. The number of pyridine rings is 1. The van der Waals surface area contributed by atoms with Crippen LogP contribution in [0.3, 0.4) is 0 Å². The third-order valence-corrected chi connectivity index (χ3v) is 4.92. The summed E-state index contributed by atoms with van der Waals surface area (Å²) in [4.78, 5) is 15.5. The summed E-state index contributed by atoms with van der Waals surface area (Å²) >= 11 is 0. The van der Waals surface area contributed by atoms with Crippen molar-refractivity contribution in [2.75, 3.05) is 6.61 Å². The first kappa shape index (κ1) is 17.9. The second-order valence-corrected chi connectivity index (χ2v) is 6.67. The number of hydrogen-bond donors (Lipinski definition) is 1. The summed E-state index contributed by atoms with van der Waals surface area (Å²) in [6, 6.07) is 10.4. The molecule has 1 aromatic heterocycles. The first-order valence-electron chi connectivity index (χ1n) is 9.04. The number of nitrogens with zero attached hydrogens (tertiary/aromatic N) is 2. The molecule has 0 unspecified atom stereocenters. The smallest absolute Gasteiger partial charge is 0.337 e. The number of benzene rings is 1. The van der Waals surface area contributed by atoms with E-state index in [1.54, 1.807) is 30.5 Å². The topological polar surface area (TPSA) is 83.2 Å². The molecule has 1 N–H and O–H groups in total. The van der Waals surface area contributed by atoms with E-state index in [2.05, 4.69) is 11.1 Å². The van der Waals surface area contributed by atoms with Gasteiger partial charge in [0, 0.05) is 11.8 Å². The fourth-order valence-corrected chi connectivity index (χ4v) is 3.51. The fraction of sp³-hybridized carbons (Fsp3) is 0.381. The number of carbonyl (C=O) groups is 1. The molecule has 0 bridgehead atoms. The lowest BCUT2D eigenvalue weighted by Gasteiger charge is -2.21. The van der Waals surface area contributed by atoms with Crippen LogP contribution in [-0.2, 0) is 0 Å². The molecule has 1 aliphatic carbocycles. The van der Waals surface area contributed by atoms with Crippen LogP contribution >= 0.6 is 0 Å². The predicted octanol–water partition coefficient (Wildman–Crippen LogP) is 4.67. The van der Waals surface area contributed by atoms with E-state index in [9.17, 15) is 15.2 Å². The molecule has 5 heteroatoms. The lowest BCUT2D eigenvalue weighted by Crippen LogP contribution is -2.11. The molecule has 0 atom stereocenters. The molecule has 26 heavy (non-hydrogen) atoms. The Labute approximate surface area is 153 Å². The maximum atomic E-state index is 11.4. The van der Waals surface area contributed by atoms with Crippen LogP contribution in [0.1, 0.15) is 54.4 Å². The lowest BCUT2D eigenvalue weighted by atomic mass is 9.87. The zero-order valence-corrected chi connectivity index (χ0v) is 14.6. The monoisotopic (exact) mass is 350 g/mol. The van der Waals surface area contributed by atoms with E-state index in [0.717, 1.165) is 12.3 Å². The minimum absolute atomic E-state index is 0.113. The summed E-state index contributed by atoms with van der Waals surface area (Å²) in [6.45, 7) is 0.600. The van der Waals surface area contributed by atoms with Crippen LogP contribution in [-0.4, -0.2) is 22.7 Å². The summed E-state index contributed by atoms with van der Waals surface area (Å²) in [7, 11) is 0. The van der Waals surface area contributed by atoms with E-state index in [1.165, 1.54) is 38.2 Å². The van der Waals surface area contributed by atoms with Crippen LogP contribution in [0.5, 0.6) is 5.75 Å². The molecular weight excluding hydrogens is 328 g/mol. The third-order valence-electron chi connectivity index (χ3n) is 4.92. The van der Waals surface area contributed by atoms with Crippen molar-refractivity contribution < 1.29 is 14.6 Å². The van der Waals surface area contributed by atoms with Crippen LogP contribution < -0.4 is 4.74 Å². The number of rotatable bonds is 6. The highest BCUT2D eigenvalue weighted by Gasteiger charge is 2.16. The number of ether oxygens (including phenoxy) is 1. The zero-order valence-electron chi connectivity index (χ0n) is 14.6. The van der Waals surface area contributed by atoms with Crippen LogP contribution in [0.15, 0.2) is 36.5 Å². The van der Waals surface area contributed by atoms with Gasteiger partial charge in [-0.2, -0.15) is 5.26 Å². The van der Waals surface area contributed by atoms with Crippen LogP contribution in [0.2, 0.25) is 0 Å². The second kappa shape index (κ2) is 8.48. The average Bonchev–Trinajstić information content (AvgIpc) is 2.69. The standard InChI is InChI=1S/C21H22N2O3/c22-14-17-13-16(20-18(21(24)25)7-4-11-23-20)8-9-19(17)26-12-10-15-5-2-1-3-6-15/h4,7-9,11,13,15H,1-3,5-6,10,12H2,(H,24,25). The van der Waals surface area contributed by atoms with Crippen LogP contribution in [0.4, 0.5) is 0 Å². The van der Waals surface area contributed by atoms with E-state index in [-0.39, 0.29) is 5.56 Å². The van der Waals surface area contributed by atoms with Crippen molar-refractivity contribution in [2.45, 2.75) is 38.5 Å². The minimum atomic E-state index is -1.04. The SMILES string of the molecule is N#Cc1cc(-c2ncccc2C(=O)O)ccc1OCCC1CCCCC1. The Bertz CT molecular complexity index is 820. The van der Waals surface area contributed by atoms with Crippen molar-refractivity contribution in [1.29, 1.82) is 5.26 Å². The summed E-state index contributed by atoms with van der Waals surface area (Å²) in [5.74, 6) is 0.222. The predicted molar refractivity (Wildman–Crippen MR) is 98.0 cm³/mol. The van der Waals surface area contributed by atoms with E-state index in [4.69, 9.17) is 4.74 Å². The van der Waals surface area contributed by atoms with Gasteiger partial charge in [-0.15, -0.1) is 0 Å². The fourth-order valence-electron chi connectivity index (χ4n) is 3.51. The highest BCUT2D eigenvalue weighted by molar-refractivity contribution is 5.94. The first-order valence-corrected chi connectivity index (χ1v) is 9.04. The van der Waals surface area contributed by atoms with Gasteiger partial charge in [-0.05, 0) is 42.7 Å². The molecule has 0 radical (unpaired) electrons. The molecule has 2 aromatic rings. The molecule has 5 nitrogen and oxygen atoms in total.